The fourth-order valence-corrected chi connectivity index (χ4v) is 2.68. The van der Waals surface area contributed by atoms with E-state index in [-0.39, 0.29) is 18.4 Å². The van der Waals surface area contributed by atoms with Crippen molar-refractivity contribution in [1.29, 1.82) is 0 Å². The molecule has 2 atom stereocenters. The Labute approximate surface area is 119 Å². The van der Waals surface area contributed by atoms with Gasteiger partial charge >= 0.3 is 0 Å². The lowest BCUT2D eigenvalue weighted by molar-refractivity contribution is 0.123. The predicted molar refractivity (Wildman–Crippen MR) is 75.3 cm³/mol. The first-order valence-electron chi connectivity index (χ1n) is 6.51. The van der Waals surface area contributed by atoms with Crippen molar-refractivity contribution in [3.05, 3.63) is 35.4 Å². The maximum absolute atomic E-state index is 13.2. The minimum absolute atomic E-state index is 0. The molecule has 5 heteroatoms. The number of nitrogens with two attached hydrogens (primary N) is 1. The summed E-state index contributed by atoms with van der Waals surface area (Å²) in [4.78, 5) is 2.28. The van der Waals surface area contributed by atoms with Gasteiger partial charge in [0.2, 0.25) is 0 Å². The molecule has 0 amide bonds. The number of benzene rings is 1. The number of likely N-dealkylation sites (tertiary alicyclic amines) is 1. The second kappa shape index (κ2) is 7.17. The second-order valence-corrected chi connectivity index (χ2v) is 5.14. The van der Waals surface area contributed by atoms with Crippen molar-refractivity contribution in [2.24, 2.45) is 5.73 Å². The third kappa shape index (κ3) is 4.13. The van der Waals surface area contributed by atoms with E-state index >= 15 is 0 Å². The lowest BCUT2D eigenvalue weighted by Crippen LogP contribution is -2.48. The van der Waals surface area contributed by atoms with Gasteiger partial charge in [-0.15, -0.1) is 12.4 Å². The molecule has 1 fully saturated rings. The van der Waals surface area contributed by atoms with E-state index in [0.717, 1.165) is 24.9 Å². The fourth-order valence-electron chi connectivity index (χ4n) is 2.68. The highest BCUT2D eigenvalue weighted by Gasteiger charge is 2.25. The van der Waals surface area contributed by atoms with Crippen LogP contribution in [0.15, 0.2) is 18.2 Å². The Morgan fingerprint density at radius 2 is 2.05 bits per heavy atom. The molecule has 1 aromatic carbocycles. The first-order chi connectivity index (χ1) is 8.58. The van der Waals surface area contributed by atoms with Crippen molar-refractivity contribution in [2.45, 2.75) is 44.8 Å². The van der Waals surface area contributed by atoms with Gasteiger partial charge in [-0.25, -0.2) is 8.78 Å². The van der Waals surface area contributed by atoms with Gasteiger partial charge in [0.1, 0.15) is 0 Å². The lowest BCUT2D eigenvalue weighted by Gasteiger charge is -2.38. The molecule has 1 aromatic rings. The average molecular weight is 291 g/mol. The van der Waals surface area contributed by atoms with Crippen molar-refractivity contribution in [2.75, 3.05) is 6.54 Å². The Morgan fingerprint density at radius 1 is 1.32 bits per heavy atom. The van der Waals surface area contributed by atoms with Gasteiger partial charge < -0.3 is 5.73 Å². The van der Waals surface area contributed by atoms with Crippen LogP contribution in [0.1, 0.15) is 31.7 Å². The molecule has 2 unspecified atom stereocenters. The molecule has 1 heterocycles. The molecule has 2 N–H and O–H groups in total. The van der Waals surface area contributed by atoms with Crippen LogP contribution in [0, 0.1) is 11.6 Å². The largest absolute Gasteiger partial charge is 0.327 e. The monoisotopic (exact) mass is 290 g/mol. The predicted octanol–water partition coefficient (Wildman–Crippen LogP) is 3.09. The first kappa shape index (κ1) is 16.3. The Morgan fingerprint density at radius 3 is 2.68 bits per heavy atom. The summed E-state index contributed by atoms with van der Waals surface area (Å²) in [5, 5.41) is 0. The topological polar surface area (TPSA) is 29.3 Å². The van der Waals surface area contributed by atoms with Crippen LogP contribution in [0.4, 0.5) is 8.78 Å². The van der Waals surface area contributed by atoms with Gasteiger partial charge in [-0.1, -0.05) is 12.5 Å². The molecule has 19 heavy (non-hydrogen) atoms. The lowest BCUT2D eigenvalue weighted by atomic mass is 9.96. The summed E-state index contributed by atoms with van der Waals surface area (Å²) < 4.78 is 26.0. The summed E-state index contributed by atoms with van der Waals surface area (Å²) in [6.07, 6.45) is 3.43. The van der Waals surface area contributed by atoms with Crippen LogP contribution in [-0.2, 0) is 6.54 Å². The van der Waals surface area contributed by atoms with Crippen LogP contribution in [0.5, 0.6) is 0 Å². The normalized spacial score (nSPS) is 21.8. The number of hydrogen-bond acceptors (Lipinski definition) is 2. The zero-order valence-corrected chi connectivity index (χ0v) is 11.9. The van der Waals surface area contributed by atoms with Crippen molar-refractivity contribution < 1.29 is 8.78 Å². The van der Waals surface area contributed by atoms with E-state index in [9.17, 15) is 8.78 Å². The van der Waals surface area contributed by atoms with E-state index in [2.05, 4.69) is 4.90 Å². The number of piperidine rings is 1. The van der Waals surface area contributed by atoms with E-state index in [1.54, 1.807) is 6.07 Å². The number of nitrogens with zero attached hydrogens (tertiary/aromatic N) is 1. The fraction of sp³-hybridized carbons (Fsp3) is 0.571. The Bertz CT molecular complexity index is 412. The second-order valence-electron chi connectivity index (χ2n) is 5.14. The van der Waals surface area contributed by atoms with E-state index in [4.69, 9.17) is 5.73 Å². The van der Waals surface area contributed by atoms with Crippen LogP contribution >= 0.6 is 12.4 Å². The third-order valence-electron chi connectivity index (χ3n) is 3.64. The zero-order valence-electron chi connectivity index (χ0n) is 11.1. The maximum Gasteiger partial charge on any atom is 0.159 e. The highest BCUT2D eigenvalue weighted by atomic mass is 35.5. The van der Waals surface area contributed by atoms with E-state index in [1.165, 1.54) is 18.6 Å². The maximum atomic E-state index is 13.2. The summed E-state index contributed by atoms with van der Waals surface area (Å²) in [5.74, 6) is -1.57. The van der Waals surface area contributed by atoms with Crippen molar-refractivity contribution >= 4 is 12.4 Å². The number of hydrogen-bond donors (Lipinski definition) is 1. The molecule has 0 saturated carbocycles. The molecular formula is C14H21ClF2N2. The summed E-state index contributed by atoms with van der Waals surface area (Å²) in [6.45, 7) is 3.63. The van der Waals surface area contributed by atoms with Gasteiger partial charge in [-0.05, 0) is 44.0 Å². The van der Waals surface area contributed by atoms with Crippen LogP contribution in [-0.4, -0.2) is 23.5 Å². The molecule has 0 radical (unpaired) electrons. The van der Waals surface area contributed by atoms with E-state index in [0.29, 0.717) is 12.6 Å². The molecule has 1 aliphatic rings. The minimum atomic E-state index is -0.791. The standard InChI is InChI=1S/C14H20F2N2.ClH/c1-10(17)14-4-2-3-7-18(14)9-11-5-6-12(15)13(16)8-11;/h5-6,8,10,14H,2-4,7,9,17H2,1H3;1H. The molecule has 2 nitrogen and oxygen atoms in total. The number of halogens is 3. The van der Waals surface area contributed by atoms with Gasteiger partial charge in [0.25, 0.3) is 0 Å². The molecule has 0 bridgehead atoms. The first-order valence-corrected chi connectivity index (χ1v) is 6.51. The molecule has 1 aliphatic heterocycles. The summed E-state index contributed by atoms with van der Waals surface area (Å²) in [6, 6.07) is 4.56. The van der Waals surface area contributed by atoms with Gasteiger partial charge in [0, 0.05) is 18.6 Å². The highest BCUT2D eigenvalue weighted by Crippen LogP contribution is 2.22. The molecule has 108 valence electrons. The van der Waals surface area contributed by atoms with E-state index in [1.807, 2.05) is 6.92 Å². The van der Waals surface area contributed by atoms with Gasteiger partial charge in [0.15, 0.2) is 11.6 Å². The van der Waals surface area contributed by atoms with Crippen LogP contribution in [0.25, 0.3) is 0 Å². The Kier molecular flexibility index (Phi) is 6.17. The molecule has 1 saturated heterocycles. The molecular weight excluding hydrogens is 270 g/mol. The van der Waals surface area contributed by atoms with Gasteiger partial charge in [-0.3, -0.25) is 4.90 Å². The number of rotatable bonds is 3. The molecule has 2 rings (SSSR count). The highest BCUT2D eigenvalue weighted by molar-refractivity contribution is 5.85. The van der Waals surface area contributed by atoms with Crippen molar-refractivity contribution in [3.8, 4) is 0 Å². The SMILES string of the molecule is CC(N)C1CCCCN1Cc1ccc(F)c(F)c1.Cl. The summed E-state index contributed by atoms with van der Waals surface area (Å²) in [5.41, 5.74) is 6.80. The van der Waals surface area contributed by atoms with Gasteiger partial charge in [-0.2, -0.15) is 0 Å². The van der Waals surface area contributed by atoms with E-state index < -0.39 is 11.6 Å². The Hall–Kier alpha value is -0.710. The molecule has 0 aromatic heterocycles. The van der Waals surface area contributed by atoms with Crippen LogP contribution < -0.4 is 5.73 Å². The summed E-state index contributed by atoms with van der Waals surface area (Å²) in [7, 11) is 0. The van der Waals surface area contributed by atoms with Crippen molar-refractivity contribution in [3.63, 3.8) is 0 Å². The molecule has 0 spiro atoms. The van der Waals surface area contributed by atoms with Crippen LogP contribution in [0.3, 0.4) is 0 Å². The smallest absolute Gasteiger partial charge is 0.159 e. The Balaban J connectivity index is 0.00000180. The van der Waals surface area contributed by atoms with Crippen LogP contribution in [0.2, 0.25) is 0 Å². The quantitative estimate of drug-likeness (QED) is 0.927. The molecule has 0 aliphatic carbocycles. The summed E-state index contributed by atoms with van der Waals surface area (Å²) >= 11 is 0. The minimum Gasteiger partial charge on any atom is -0.327 e. The third-order valence-corrected chi connectivity index (χ3v) is 3.64. The van der Waals surface area contributed by atoms with Crippen molar-refractivity contribution in [1.82, 2.24) is 4.90 Å². The average Bonchev–Trinajstić information content (AvgIpc) is 2.34. The van der Waals surface area contributed by atoms with Gasteiger partial charge in [0.05, 0.1) is 0 Å². The zero-order chi connectivity index (χ0) is 13.1.